The third kappa shape index (κ3) is 7.20. The van der Waals surface area contributed by atoms with E-state index < -0.39 is 0 Å². The van der Waals surface area contributed by atoms with Crippen LogP contribution in [-0.4, -0.2) is 24.7 Å². The molecule has 124 valence electrons. The lowest BCUT2D eigenvalue weighted by molar-refractivity contribution is 0.373. The van der Waals surface area contributed by atoms with Crippen LogP contribution in [0.5, 0.6) is 11.5 Å². The minimum atomic E-state index is 0.119. The molecule has 0 atom stereocenters. The summed E-state index contributed by atoms with van der Waals surface area (Å²) in [5.41, 5.74) is 6.72. The summed E-state index contributed by atoms with van der Waals surface area (Å²) in [6.07, 6.45) is 7.55. The first-order valence-corrected chi connectivity index (χ1v) is 8.07. The molecule has 0 bridgehead atoms. The van der Waals surface area contributed by atoms with Crippen molar-refractivity contribution in [3.63, 3.8) is 0 Å². The maximum atomic E-state index is 9.70. The number of hydrogen-bond donors (Lipinski definition) is 3. The molecule has 0 radical (unpaired) electrons. The number of ether oxygens (including phenoxy) is 1. The van der Waals surface area contributed by atoms with Gasteiger partial charge in [0.15, 0.2) is 17.5 Å². The van der Waals surface area contributed by atoms with E-state index in [0.717, 1.165) is 18.5 Å². The van der Waals surface area contributed by atoms with Crippen molar-refractivity contribution < 1.29 is 9.84 Å². The molecule has 1 rings (SSSR count). The zero-order valence-electron chi connectivity index (χ0n) is 13.8. The Bertz CT molecular complexity index is 461. The summed E-state index contributed by atoms with van der Waals surface area (Å²) in [5, 5.41) is 12.8. The van der Waals surface area contributed by atoms with E-state index in [0.29, 0.717) is 18.3 Å². The zero-order chi connectivity index (χ0) is 16.2. The molecular weight excluding hydrogens is 278 g/mol. The molecular formula is C17H29N3O2. The first-order valence-electron chi connectivity index (χ1n) is 8.07. The summed E-state index contributed by atoms with van der Waals surface area (Å²) in [4.78, 5) is 4.27. The van der Waals surface area contributed by atoms with E-state index in [9.17, 15) is 5.11 Å². The highest BCUT2D eigenvalue weighted by molar-refractivity contribution is 5.77. The zero-order valence-corrected chi connectivity index (χ0v) is 13.8. The van der Waals surface area contributed by atoms with Crippen molar-refractivity contribution in [1.29, 1.82) is 0 Å². The summed E-state index contributed by atoms with van der Waals surface area (Å²) in [5.74, 6) is 1.03. The highest BCUT2D eigenvalue weighted by Gasteiger charge is 2.02. The smallest absolute Gasteiger partial charge is 0.188 e. The number of methoxy groups -OCH3 is 1. The van der Waals surface area contributed by atoms with Gasteiger partial charge in [0.2, 0.25) is 0 Å². The molecule has 5 nitrogen and oxygen atoms in total. The maximum Gasteiger partial charge on any atom is 0.188 e. The second-order valence-corrected chi connectivity index (χ2v) is 5.40. The van der Waals surface area contributed by atoms with Gasteiger partial charge in [0.05, 0.1) is 13.7 Å². The van der Waals surface area contributed by atoms with E-state index in [1.54, 1.807) is 12.1 Å². The Morgan fingerprint density at radius 1 is 1.23 bits per heavy atom. The lowest BCUT2D eigenvalue weighted by Gasteiger charge is -2.07. The molecule has 4 N–H and O–H groups in total. The SMILES string of the molecule is CCCCCCCCNC(N)=NCc1ccc(OC)c(O)c1. The van der Waals surface area contributed by atoms with E-state index in [4.69, 9.17) is 10.5 Å². The van der Waals surface area contributed by atoms with Crippen LogP contribution in [0.2, 0.25) is 0 Å². The van der Waals surface area contributed by atoms with Crippen molar-refractivity contribution >= 4 is 5.96 Å². The Hall–Kier alpha value is -1.91. The lowest BCUT2D eigenvalue weighted by Crippen LogP contribution is -2.32. The molecule has 0 saturated heterocycles. The molecule has 0 unspecified atom stereocenters. The van der Waals surface area contributed by atoms with Gasteiger partial charge in [-0.05, 0) is 24.1 Å². The Morgan fingerprint density at radius 2 is 1.95 bits per heavy atom. The third-order valence-corrected chi connectivity index (χ3v) is 3.51. The van der Waals surface area contributed by atoms with Crippen LogP contribution < -0.4 is 15.8 Å². The molecule has 0 aromatic heterocycles. The van der Waals surface area contributed by atoms with Crippen LogP contribution in [0.15, 0.2) is 23.2 Å². The average molecular weight is 307 g/mol. The predicted octanol–water partition coefficient (Wildman–Crippen LogP) is 3.17. The van der Waals surface area contributed by atoms with Crippen LogP contribution in [0.1, 0.15) is 51.0 Å². The fourth-order valence-corrected chi connectivity index (χ4v) is 2.19. The first-order chi connectivity index (χ1) is 10.7. The minimum absolute atomic E-state index is 0.119. The number of phenols is 1. The van der Waals surface area contributed by atoms with Gasteiger partial charge in [0.25, 0.3) is 0 Å². The summed E-state index contributed by atoms with van der Waals surface area (Å²) in [6.45, 7) is 3.52. The number of aliphatic imine (C=N–C) groups is 1. The Balaban J connectivity index is 2.23. The quantitative estimate of drug-likeness (QED) is 0.352. The van der Waals surface area contributed by atoms with Crippen molar-refractivity contribution in [2.24, 2.45) is 10.7 Å². The van der Waals surface area contributed by atoms with Gasteiger partial charge in [-0.25, -0.2) is 4.99 Å². The van der Waals surface area contributed by atoms with Crippen LogP contribution >= 0.6 is 0 Å². The second-order valence-electron chi connectivity index (χ2n) is 5.40. The van der Waals surface area contributed by atoms with Crippen LogP contribution in [0.3, 0.4) is 0 Å². The van der Waals surface area contributed by atoms with Crippen LogP contribution in [0, 0.1) is 0 Å². The van der Waals surface area contributed by atoms with Crippen molar-refractivity contribution in [2.45, 2.75) is 52.0 Å². The summed E-state index contributed by atoms with van der Waals surface area (Å²) in [7, 11) is 1.52. The largest absolute Gasteiger partial charge is 0.504 e. The highest BCUT2D eigenvalue weighted by atomic mass is 16.5. The average Bonchev–Trinajstić information content (AvgIpc) is 2.52. The monoisotopic (exact) mass is 307 g/mol. The molecule has 0 heterocycles. The lowest BCUT2D eigenvalue weighted by atomic mass is 10.1. The van der Waals surface area contributed by atoms with Gasteiger partial charge < -0.3 is 20.9 Å². The first kappa shape index (κ1) is 18.1. The Kier molecular flexibility index (Phi) is 8.88. The van der Waals surface area contributed by atoms with E-state index in [1.165, 1.54) is 39.2 Å². The van der Waals surface area contributed by atoms with Crippen molar-refractivity contribution in [1.82, 2.24) is 5.32 Å². The Morgan fingerprint density at radius 3 is 2.64 bits per heavy atom. The van der Waals surface area contributed by atoms with Gasteiger partial charge in [-0.1, -0.05) is 45.1 Å². The number of rotatable bonds is 10. The Labute approximate surface area is 133 Å². The number of guanidine groups is 1. The standard InChI is InChI=1S/C17H29N3O2/c1-3-4-5-6-7-8-11-19-17(18)20-13-14-9-10-16(22-2)15(21)12-14/h9-10,12,21H,3-8,11,13H2,1-2H3,(H3,18,19,20). The molecule has 0 aliphatic heterocycles. The van der Waals surface area contributed by atoms with Crippen LogP contribution in [-0.2, 0) is 6.54 Å². The molecule has 0 fully saturated rings. The summed E-state index contributed by atoms with van der Waals surface area (Å²) >= 11 is 0. The van der Waals surface area contributed by atoms with Gasteiger partial charge in [-0.3, -0.25) is 0 Å². The van der Waals surface area contributed by atoms with E-state index in [2.05, 4.69) is 17.2 Å². The second kappa shape index (κ2) is 10.8. The molecule has 0 amide bonds. The maximum absolute atomic E-state index is 9.70. The van der Waals surface area contributed by atoms with Crippen molar-refractivity contribution in [2.75, 3.05) is 13.7 Å². The molecule has 1 aromatic rings. The molecule has 1 aromatic carbocycles. The van der Waals surface area contributed by atoms with Gasteiger partial charge in [-0.2, -0.15) is 0 Å². The molecule has 0 aliphatic rings. The van der Waals surface area contributed by atoms with Gasteiger partial charge in [0.1, 0.15) is 0 Å². The van der Waals surface area contributed by atoms with Gasteiger partial charge >= 0.3 is 0 Å². The number of nitrogens with zero attached hydrogens (tertiary/aromatic N) is 1. The number of aromatic hydroxyl groups is 1. The fourth-order valence-electron chi connectivity index (χ4n) is 2.19. The fraction of sp³-hybridized carbons (Fsp3) is 0.588. The third-order valence-electron chi connectivity index (χ3n) is 3.51. The highest BCUT2D eigenvalue weighted by Crippen LogP contribution is 2.26. The van der Waals surface area contributed by atoms with Crippen LogP contribution in [0.4, 0.5) is 0 Å². The topological polar surface area (TPSA) is 79.9 Å². The summed E-state index contributed by atoms with van der Waals surface area (Å²) in [6, 6.07) is 5.23. The molecule has 0 saturated carbocycles. The summed E-state index contributed by atoms with van der Waals surface area (Å²) < 4.78 is 5.00. The normalized spacial score (nSPS) is 11.5. The van der Waals surface area contributed by atoms with Gasteiger partial charge in [0, 0.05) is 6.54 Å². The molecule has 0 aliphatic carbocycles. The molecule has 22 heavy (non-hydrogen) atoms. The number of phenolic OH excluding ortho intramolecular Hbond substituents is 1. The number of nitrogens with one attached hydrogen (secondary N) is 1. The minimum Gasteiger partial charge on any atom is -0.504 e. The van der Waals surface area contributed by atoms with E-state index >= 15 is 0 Å². The van der Waals surface area contributed by atoms with E-state index in [1.807, 2.05) is 6.07 Å². The van der Waals surface area contributed by atoms with Crippen LogP contribution in [0.25, 0.3) is 0 Å². The molecule has 5 heteroatoms. The van der Waals surface area contributed by atoms with E-state index in [-0.39, 0.29) is 5.75 Å². The number of unbranched alkanes of at least 4 members (excludes halogenated alkanes) is 5. The number of benzene rings is 1. The van der Waals surface area contributed by atoms with Gasteiger partial charge in [-0.15, -0.1) is 0 Å². The van der Waals surface area contributed by atoms with Crippen molar-refractivity contribution in [3.05, 3.63) is 23.8 Å². The van der Waals surface area contributed by atoms with Crippen molar-refractivity contribution in [3.8, 4) is 11.5 Å². The molecule has 0 spiro atoms. The predicted molar refractivity (Wildman–Crippen MR) is 91.4 cm³/mol. The number of nitrogens with two attached hydrogens (primary N) is 1. The number of hydrogen-bond acceptors (Lipinski definition) is 3.